The summed E-state index contributed by atoms with van der Waals surface area (Å²) in [5.74, 6) is -2.37. The van der Waals surface area contributed by atoms with Crippen molar-refractivity contribution in [3.8, 4) is 0 Å². The van der Waals surface area contributed by atoms with E-state index < -0.39 is 48.3 Å². The van der Waals surface area contributed by atoms with E-state index >= 15 is 0 Å². The van der Waals surface area contributed by atoms with Crippen LogP contribution in [0.3, 0.4) is 0 Å². The quantitative estimate of drug-likeness (QED) is 0.479. The Balaban J connectivity index is 2.91. The molecule has 9 nitrogen and oxygen atoms in total. The van der Waals surface area contributed by atoms with Crippen LogP contribution in [0, 0.1) is 0 Å². The summed E-state index contributed by atoms with van der Waals surface area (Å²) < 4.78 is 25.6. The van der Waals surface area contributed by atoms with E-state index in [4.69, 9.17) is 23.7 Å². The maximum atomic E-state index is 11.3. The highest BCUT2D eigenvalue weighted by Gasteiger charge is 2.47. The van der Waals surface area contributed by atoms with Crippen LogP contribution in [0.25, 0.3) is 0 Å². The topological polar surface area (TPSA) is 114 Å². The van der Waals surface area contributed by atoms with Gasteiger partial charge < -0.3 is 23.7 Å². The van der Waals surface area contributed by atoms with Crippen LogP contribution in [0.15, 0.2) is 0 Å². The third-order valence-electron chi connectivity index (χ3n) is 2.90. The van der Waals surface area contributed by atoms with E-state index in [0.717, 1.165) is 0 Å². The van der Waals surface area contributed by atoms with Gasteiger partial charge in [-0.05, 0) is 0 Å². The minimum atomic E-state index is -0.999. The molecule has 0 aliphatic carbocycles. The molecule has 1 aliphatic heterocycles. The van der Waals surface area contributed by atoms with Gasteiger partial charge in [-0.1, -0.05) is 0 Å². The van der Waals surface area contributed by atoms with Crippen LogP contribution in [0.1, 0.15) is 27.7 Å². The van der Waals surface area contributed by atoms with Gasteiger partial charge in [0.25, 0.3) is 0 Å². The van der Waals surface area contributed by atoms with Crippen LogP contribution >= 0.6 is 0 Å². The molecule has 0 saturated carbocycles. The predicted molar refractivity (Wildman–Crippen MR) is 73.0 cm³/mol. The molecule has 0 bridgehead atoms. The summed E-state index contributed by atoms with van der Waals surface area (Å²) in [6.45, 7) is 4.46. The SMILES string of the molecule is CC(=O)OC[C@@H](OC(C)=O)[C@H]1OC[C@H](OC(C)=O)[C@H]1OC(C)=O. The maximum Gasteiger partial charge on any atom is 0.303 e. The van der Waals surface area contributed by atoms with Crippen LogP contribution in [0.5, 0.6) is 0 Å². The summed E-state index contributed by atoms with van der Waals surface area (Å²) in [5, 5.41) is 0. The minimum absolute atomic E-state index is 0.0416. The molecule has 0 spiro atoms. The highest BCUT2D eigenvalue weighted by atomic mass is 16.7. The van der Waals surface area contributed by atoms with Crippen LogP contribution in [0.4, 0.5) is 0 Å². The Bertz CT molecular complexity index is 473. The summed E-state index contributed by atoms with van der Waals surface area (Å²) in [5.41, 5.74) is 0. The van der Waals surface area contributed by atoms with Crippen molar-refractivity contribution < 1.29 is 42.9 Å². The first-order chi connectivity index (χ1) is 10.7. The average Bonchev–Trinajstić information content (AvgIpc) is 2.75. The molecular formula is C14H20O9. The first-order valence-corrected chi connectivity index (χ1v) is 6.97. The van der Waals surface area contributed by atoms with Gasteiger partial charge in [0.05, 0.1) is 6.61 Å². The van der Waals surface area contributed by atoms with E-state index in [9.17, 15) is 19.2 Å². The number of hydrogen-bond acceptors (Lipinski definition) is 9. The highest BCUT2D eigenvalue weighted by molar-refractivity contribution is 5.68. The molecule has 1 aliphatic rings. The van der Waals surface area contributed by atoms with Crippen molar-refractivity contribution in [3.05, 3.63) is 0 Å². The second-order valence-electron chi connectivity index (χ2n) is 4.97. The van der Waals surface area contributed by atoms with Gasteiger partial charge in [0.1, 0.15) is 12.7 Å². The van der Waals surface area contributed by atoms with Crippen molar-refractivity contribution in [3.63, 3.8) is 0 Å². The van der Waals surface area contributed by atoms with E-state index in [1.807, 2.05) is 0 Å². The number of hydrogen-bond donors (Lipinski definition) is 0. The summed E-state index contributed by atoms with van der Waals surface area (Å²) in [4.78, 5) is 44.6. The lowest BCUT2D eigenvalue weighted by molar-refractivity contribution is -0.176. The molecule has 0 aromatic carbocycles. The zero-order valence-electron chi connectivity index (χ0n) is 13.4. The van der Waals surface area contributed by atoms with E-state index in [1.54, 1.807) is 0 Å². The normalized spacial score (nSPS) is 24.4. The number of rotatable bonds is 6. The Labute approximate surface area is 133 Å². The zero-order chi connectivity index (χ0) is 17.6. The lowest BCUT2D eigenvalue weighted by atomic mass is 10.1. The summed E-state index contributed by atoms with van der Waals surface area (Å²) in [6.07, 6.45) is -3.74. The lowest BCUT2D eigenvalue weighted by Gasteiger charge is -2.27. The van der Waals surface area contributed by atoms with Crippen LogP contribution < -0.4 is 0 Å². The average molecular weight is 332 g/mol. The fraction of sp³-hybridized carbons (Fsp3) is 0.714. The van der Waals surface area contributed by atoms with Crippen molar-refractivity contribution in [1.82, 2.24) is 0 Å². The van der Waals surface area contributed by atoms with Gasteiger partial charge in [-0.15, -0.1) is 0 Å². The van der Waals surface area contributed by atoms with Crippen molar-refractivity contribution >= 4 is 23.9 Å². The van der Waals surface area contributed by atoms with E-state index in [-0.39, 0.29) is 13.2 Å². The van der Waals surface area contributed by atoms with Gasteiger partial charge in [-0.25, -0.2) is 0 Å². The molecule has 23 heavy (non-hydrogen) atoms. The van der Waals surface area contributed by atoms with Crippen LogP contribution in [0.2, 0.25) is 0 Å². The second kappa shape index (κ2) is 8.47. The monoisotopic (exact) mass is 332 g/mol. The molecule has 0 unspecified atom stereocenters. The van der Waals surface area contributed by atoms with Gasteiger partial charge in [-0.2, -0.15) is 0 Å². The molecule has 1 saturated heterocycles. The molecule has 0 aromatic rings. The molecule has 0 radical (unpaired) electrons. The molecule has 0 N–H and O–H groups in total. The van der Waals surface area contributed by atoms with Crippen molar-refractivity contribution in [2.45, 2.75) is 52.1 Å². The third kappa shape index (κ3) is 6.23. The summed E-state index contributed by atoms with van der Waals surface area (Å²) in [6, 6.07) is 0. The largest absolute Gasteiger partial charge is 0.462 e. The molecule has 4 atom stereocenters. The molecule has 130 valence electrons. The third-order valence-corrected chi connectivity index (χ3v) is 2.90. The molecule has 0 aromatic heterocycles. The molecule has 1 rings (SSSR count). The first kappa shape index (κ1) is 18.9. The van der Waals surface area contributed by atoms with Gasteiger partial charge in [0.15, 0.2) is 18.3 Å². The van der Waals surface area contributed by atoms with E-state index in [2.05, 4.69) is 0 Å². The summed E-state index contributed by atoms with van der Waals surface area (Å²) in [7, 11) is 0. The van der Waals surface area contributed by atoms with Crippen molar-refractivity contribution in [2.75, 3.05) is 13.2 Å². The molecule has 0 amide bonds. The van der Waals surface area contributed by atoms with Crippen molar-refractivity contribution in [2.24, 2.45) is 0 Å². The van der Waals surface area contributed by atoms with Crippen molar-refractivity contribution in [1.29, 1.82) is 0 Å². The minimum Gasteiger partial charge on any atom is -0.462 e. The van der Waals surface area contributed by atoms with E-state index in [0.29, 0.717) is 0 Å². The standard InChI is InChI=1S/C14H20O9/c1-7(15)19-5-11(21-8(2)16)13-14(23-10(4)18)12(6-20-13)22-9(3)17/h11-14H,5-6H2,1-4H3/t11-,12+,13-,14-/m1/s1. The molecule has 9 heteroatoms. The summed E-state index contributed by atoms with van der Waals surface area (Å²) >= 11 is 0. The Kier molecular flexibility index (Phi) is 6.95. The number of carbonyl (C=O) groups is 4. The Morgan fingerprint density at radius 1 is 0.957 bits per heavy atom. The molecule has 1 fully saturated rings. The second-order valence-corrected chi connectivity index (χ2v) is 4.97. The number of esters is 4. The number of ether oxygens (including phenoxy) is 5. The molecule has 1 heterocycles. The zero-order valence-corrected chi connectivity index (χ0v) is 13.4. The van der Waals surface area contributed by atoms with Gasteiger partial charge in [0, 0.05) is 27.7 Å². The Hall–Kier alpha value is -2.16. The predicted octanol–water partition coefficient (Wildman–Crippen LogP) is -0.257. The Morgan fingerprint density at radius 2 is 1.57 bits per heavy atom. The maximum absolute atomic E-state index is 11.3. The smallest absolute Gasteiger partial charge is 0.303 e. The van der Waals surface area contributed by atoms with Gasteiger partial charge >= 0.3 is 23.9 Å². The highest BCUT2D eigenvalue weighted by Crippen LogP contribution is 2.25. The number of carbonyl (C=O) groups excluding carboxylic acids is 4. The first-order valence-electron chi connectivity index (χ1n) is 6.97. The van der Waals surface area contributed by atoms with Crippen LogP contribution in [-0.4, -0.2) is 61.5 Å². The Morgan fingerprint density at radius 3 is 2.04 bits per heavy atom. The van der Waals surface area contributed by atoms with E-state index in [1.165, 1.54) is 27.7 Å². The fourth-order valence-corrected chi connectivity index (χ4v) is 2.18. The molecular weight excluding hydrogens is 312 g/mol. The van der Waals surface area contributed by atoms with Gasteiger partial charge in [0.2, 0.25) is 0 Å². The van der Waals surface area contributed by atoms with Gasteiger partial charge in [-0.3, -0.25) is 19.2 Å². The lowest BCUT2D eigenvalue weighted by Crippen LogP contribution is -2.46. The van der Waals surface area contributed by atoms with Crippen LogP contribution in [-0.2, 0) is 42.9 Å². The fourth-order valence-electron chi connectivity index (χ4n) is 2.18.